The maximum atomic E-state index is 11.1. The van der Waals surface area contributed by atoms with E-state index in [4.69, 9.17) is 4.74 Å². The molecule has 0 unspecified atom stereocenters. The third kappa shape index (κ3) is 0.939. The molecule has 1 aromatic rings. The Morgan fingerprint density at radius 1 is 1.75 bits per heavy atom. The number of fused-ring (bicyclic) bond motifs is 1. The minimum atomic E-state index is -0.265. The van der Waals surface area contributed by atoms with Gasteiger partial charge in [0.05, 0.1) is 12.7 Å². The topological polar surface area (TPSA) is 58.2 Å². The highest BCUT2D eigenvalue weighted by atomic mass is 16.5. The number of H-pyrrole nitrogens is 1. The highest BCUT2D eigenvalue weighted by Gasteiger charge is 2.17. The molecule has 0 aromatic carbocycles. The summed E-state index contributed by atoms with van der Waals surface area (Å²) in [5.74, 6) is 0.374. The Balaban J connectivity index is 2.59. The molecule has 1 aliphatic heterocycles. The summed E-state index contributed by atoms with van der Waals surface area (Å²) in [4.78, 5) is 13.1. The van der Waals surface area contributed by atoms with Crippen LogP contribution in [-0.2, 0) is 0 Å². The lowest BCUT2D eigenvalue weighted by atomic mass is 10.3. The second-order valence-electron chi connectivity index (χ2n) is 2.68. The number of ether oxygens (including phenoxy) is 1. The van der Waals surface area contributed by atoms with Crippen molar-refractivity contribution < 1.29 is 4.74 Å². The van der Waals surface area contributed by atoms with Crippen molar-refractivity contribution in [1.29, 1.82) is 0 Å². The lowest BCUT2D eigenvalue weighted by Gasteiger charge is -2.25. The molecule has 5 nitrogen and oxygen atoms in total. The van der Waals surface area contributed by atoms with Gasteiger partial charge in [-0.1, -0.05) is 0 Å². The molecule has 0 atom stereocenters. The molecule has 64 valence electrons. The van der Waals surface area contributed by atoms with E-state index in [1.54, 1.807) is 6.20 Å². The van der Waals surface area contributed by atoms with Gasteiger partial charge in [-0.3, -0.25) is 4.79 Å². The van der Waals surface area contributed by atoms with E-state index in [2.05, 4.69) is 10.2 Å². The number of hydrogen-bond acceptors (Lipinski definition) is 4. The fourth-order valence-electron chi connectivity index (χ4n) is 1.19. The lowest BCUT2D eigenvalue weighted by molar-refractivity contribution is 0.305. The monoisotopic (exact) mass is 167 g/mol. The molecule has 12 heavy (non-hydrogen) atoms. The Bertz CT molecular complexity index is 347. The van der Waals surface area contributed by atoms with Gasteiger partial charge in [0.1, 0.15) is 12.3 Å². The fourth-order valence-corrected chi connectivity index (χ4v) is 1.19. The molecule has 2 heterocycles. The van der Waals surface area contributed by atoms with Gasteiger partial charge in [-0.05, 0) is 0 Å². The third-order valence-corrected chi connectivity index (χ3v) is 1.88. The predicted molar refractivity (Wildman–Crippen MR) is 43.6 cm³/mol. The van der Waals surface area contributed by atoms with Crippen molar-refractivity contribution in [3.05, 3.63) is 16.6 Å². The minimum absolute atomic E-state index is 0.265. The largest absolute Gasteiger partial charge is 0.484 e. The van der Waals surface area contributed by atoms with E-state index in [1.807, 2.05) is 11.9 Å². The van der Waals surface area contributed by atoms with Crippen LogP contribution in [0.5, 0.6) is 5.75 Å². The first-order chi connectivity index (χ1) is 5.79. The molecular formula is C7H9N3O2. The van der Waals surface area contributed by atoms with Crippen molar-refractivity contribution in [2.45, 2.75) is 0 Å². The number of hydrogen-bond donors (Lipinski definition) is 1. The summed E-state index contributed by atoms with van der Waals surface area (Å²) >= 11 is 0. The van der Waals surface area contributed by atoms with Crippen LogP contribution in [0.1, 0.15) is 0 Å². The second kappa shape index (κ2) is 2.51. The van der Waals surface area contributed by atoms with Gasteiger partial charge in [0.25, 0.3) is 0 Å². The van der Waals surface area contributed by atoms with Crippen molar-refractivity contribution in [2.75, 3.05) is 25.1 Å². The van der Waals surface area contributed by atoms with Crippen LogP contribution < -0.4 is 15.2 Å². The normalized spacial score (nSPS) is 15.2. The maximum Gasteiger partial charge on any atom is 0.308 e. The van der Waals surface area contributed by atoms with Gasteiger partial charge in [-0.2, -0.15) is 5.10 Å². The molecule has 0 fully saturated rings. The minimum Gasteiger partial charge on any atom is -0.484 e. The van der Waals surface area contributed by atoms with E-state index in [0.29, 0.717) is 12.4 Å². The fraction of sp³-hybridized carbons (Fsp3) is 0.429. The molecule has 0 aliphatic carbocycles. The third-order valence-electron chi connectivity index (χ3n) is 1.88. The Morgan fingerprint density at radius 2 is 2.58 bits per heavy atom. The van der Waals surface area contributed by atoms with Crippen LogP contribution >= 0.6 is 0 Å². The van der Waals surface area contributed by atoms with Gasteiger partial charge in [0.15, 0.2) is 0 Å². The summed E-state index contributed by atoms with van der Waals surface area (Å²) in [7, 11) is 1.91. The molecule has 0 spiro atoms. The van der Waals surface area contributed by atoms with Gasteiger partial charge in [0.2, 0.25) is 5.75 Å². The Labute approximate surface area is 69.0 Å². The van der Waals surface area contributed by atoms with Crippen molar-refractivity contribution in [3.8, 4) is 5.75 Å². The molecule has 0 radical (unpaired) electrons. The van der Waals surface area contributed by atoms with Gasteiger partial charge in [-0.15, -0.1) is 0 Å². The van der Waals surface area contributed by atoms with E-state index < -0.39 is 0 Å². The average Bonchev–Trinajstić information content (AvgIpc) is 2.07. The number of aromatic nitrogens is 2. The zero-order chi connectivity index (χ0) is 8.55. The number of anilines is 1. The van der Waals surface area contributed by atoms with Crippen molar-refractivity contribution in [2.24, 2.45) is 0 Å². The summed E-state index contributed by atoms with van der Waals surface area (Å²) in [6.45, 7) is 1.34. The highest BCUT2D eigenvalue weighted by molar-refractivity contribution is 5.56. The first-order valence-electron chi connectivity index (χ1n) is 3.70. The van der Waals surface area contributed by atoms with Crippen LogP contribution in [0, 0.1) is 0 Å². The van der Waals surface area contributed by atoms with Crippen molar-refractivity contribution in [1.82, 2.24) is 10.2 Å². The lowest BCUT2D eigenvalue weighted by Crippen LogP contribution is -2.32. The number of nitrogens with one attached hydrogen (secondary N) is 1. The Hall–Kier alpha value is -1.52. The van der Waals surface area contributed by atoms with Gasteiger partial charge in [-0.25, -0.2) is 5.10 Å². The second-order valence-corrected chi connectivity index (χ2v) is 2.68. The van der Waals surface area contributed by atoms with Gasteiger partial charge in [0, 0.05) is 7.05 Å². The standard InChI is InChI=1S/C7H9N3O2/c1-10-2-3-12-6-5(10)4-8-9-7(6)11/h4H,2-3H2,1H3,(H,9,11). The number of aromatic amines is 1. The zero-order valence-corrected chi connectivity index (χ0v) is 6.70. The van der Waals surface area contributed by atoms with E-state index in [1.165, 1.54) is 0 Å². The zero-order valence-electron chi connectivity index (χ0n) is 6.70. The molecule has 0 amide bonds. The SMILES string of the molecule is CN1CCOc2c1cn[nH]c2=O. The quantitative estimate of drug-likeness (QED) is 0.571. The summed E-state index contributed by atoms with van der Waals surface area (Å²) in [5, 5.41) is 6.01. The highest BCUT2D eigenvalue weighted by Crippen LogP contribution is 2.24. The number of nitrogens with zero attached hydrogens (tertiary/aromatic N) is 2. The predicted octanol–water partition coefficient (Wildman–Crippen LogP) is -0.402. The molecule has 5 heteroatoms. The smallest absolute Gasteiger partial charge is 0.308 e. The Kier molecular flexibility index (Phi) is 1.49. The van der Waals surface area contributed by atoms with Gasteiger partial charge >= 0.3 is 5.56 Å². The molecule has 1 aromatic heterocycles. The van der Waals surface area contributed by atoms with E-state index >= 15 is 0 Å². The summed E-state index contributed by atoms with van der Waals surface area (Å²) in [6, 6.07) is 0. The molecule has 0 bridgehead atoms. The van der Waals surface area contributed by atoms with Crippen LogP contribution in [-0.4, -0.2) is 30.4 Å². The van der Waals surface area contributed by atoms with Crippen molar-refractivity contribution >= 4 is 5.69 Å². The number of rotatable bonds is 0. The first kappa shape index (κ1) is 7.15. The molecule has 2 rings (SSSR count). The summed E-state index contributed by atoms with van der Waals surface area (Å²) < 4.78 is 5.20. The van der Waals surface area contributed by atoms with Gasteiger partial charge < -0.3 is 9.64 Å². The van der Waals surface area contributed by atoms with Crippen LogP contribution in [0.2, 0.25) is 0 Å². The summed E-state index contributed by atoms with van der Waals surface area (Å²) in [5.41, 5.74) is 0.490. The molecule has 1 aliphatic rings. The summed E-state index contributed by atoms with van der Waals surface area (Å²) in [6.07, 6.45) is 1.59. The number of likely N-dealkylation sites (N-methyl/N-ethyl adjacent to an activating group) is 1. The molecular weight excluding hydrogens is 158 g/mol. The first-order valence-corrected chi connectivity index (χ1v) is 3.70. The van der Waals surface area contributed by atoms with Crippen LogP contribution in [0.3, 0.4) is 0 Å². The van der Waals surface area contributed by atoms with Crippen LogP contribution in [0.15, 0.2) is 11.0 Å². The van der Waals surface area contributed by atoms with Crippen LogP contribution in [0.4, 0.5) is 5.69 Å². The molecule has 0 saturated heterocycles. The average molecular weight is 167 g/mol. The Morgan fingerprint density at radius 3 is 3.33 bits per heavy atom. The molecule has 0 saturated carbocycles. The van der Waals surface area contributed by atoms with E-state index in [0.717, 1.165) is 12.2 Å². The maximum absolute atomic E-state index is 11.1. The molecule has 1 N–H and O–H groups in total. The van der Waals surface area contributed by atoms with E-state index in [-0.39, 0.29) is 5.56 Å². The van der Waals surface area contributed by atoms with E-state index in [9.17, 15) is 4.79 Å². The van der Waals surface area contributed by atoms with Crippen molar-refractivity contribution in [3.63, 3.8) is 0 Å². The van der Waals surface area contributed by atoms with Crippen LogP contribution in [0.25, 0.3) is 0 Å².